The Bertz CT molecular complexity index is 2130. The molecule has 6 aromatic carbocycles. The van der Waals surface area contributed by atoms with Gasteiger partial charge in [-0.3, -0.25) is 0 Å². The van der Waals surface area contributed by atoms with Gasteiger partial charge in [0.1, 0.15) is 16.7 Å². The molecular formula is C35H22N2O2. The predicted octanol–water partition coefficient (Wildman–Crippen LogP) is 10.0. The molecule has 8 aromatic rings. The summed E-state index contributed by atoms with van der Waals surface area (Å²) in [6.07, 6.45) is 0. The molecule has 0 spiro atoms. The minimum Gasteiger partial charge on any atom is -0.456 e. The normalized spacial score (nSPS) is 11.6. The Morgan fingerprint density at radius 2 is 1.15 bits per heavy atom. The molecule has 0 saturated carbocycles. The van der Waals surface area contributed by atoms with Crippen molar-refractivity contribution in [2.24, 2.45) is 0 Å². The Morgan fingerprint density at radius 3 is 2.00 bits per heavy atom. The lowest BCUT2D eigenvalue weighted by atomic mass is 10.1. The lowest BCUT2D eigenvalue weighted by Crippen LogP contribution is -2.09. The first kappa shape index (κ1) is 21.7. The van der Waals surface area contributed by atoms with Gasteiger partial charge < -0.3 is 13.7 Å². The summed E-state index contributed by atoms with van der Waals surface area (Å²) in [5.74, 6) is 0.606. The Balaban J connectivity index is 1.31. The molecule has 2 heterocycles. The minimum absolute atomic E-state index is 0.606. The third-order valence-electron chi connectivity index (χ3n) is 7.25. The number of hydrogen-bond donors (Lipinski definition) is 0. The van der Waals surface area contributed by atoms with Gasteiger partial charge in [0, 0.05) is 39.5 Å². The quantitative estimate of drug-likeness (QED) is 0.240. The maximum atomic E-state index is 6.27. The Kier molecular flexibility index (Phi) is 4.79. The highest BCUT2D eigenvalue weighted by Gasteiger charge is 2.17. The van der Waals surface area contributed by atoms with Crippen molar-refractivity contribution in [3.05, 3.63) is 133 Å². The number of oxazole rings is 1. The number of benzene rings is 6. The predicted molar refractivity (Wildman–Crippen MR) is 159 cm³/mol. The maximum Gasteiger partial charge on any atom is 0.227 e. The molecule has 0 amide bonds. The fraction of sp³-hybridized carbons (Fsp3) is 0. The Labute approximate surface area is 224 Å². The van der Waals surface area contributed by atoms with Gasteiger partial charge in [-0.05, 0) is 71.4 Å². The van der Waals surface area contributed by atoms with Crippen molar-refractivity contribution in [2.75, 3.05) is 4.90 Å². The summed E-state index contributed by atoms with van der Waals surface area (Å²) in [6.45, 7) is 0. The molecule has 0 aliphatic carbocycles. The van der Waals surface area contributed by atoms with Gasteiger partial charge in [-0.2, -0.15) is 0 Å². The fourth-order valence-electron chi connectivity index (χ4n) is 5.37. The number of nitrogens with zero attached hydrogens (tertiary/aromatic N) is 2. The monoisotopic (exact) mass is 502 g/mol. The summed E-state index contributed by atoms with van der Waals surface area (Å²) in [6, 6.07) is 45.8. The first-order valence-corrected chi connectivity index (χ1v) is 13.0. The van der Waals surface area contributed by atoms with Gasteiger partial charge in [-0.1, -0.05) is 66.7 Å². The average molecular weight is 503 g/mol. The van der Waals surface area contributed by atoms with Gasteiger partial charge in [-0.15, -0.1) is 0 Å². The Hall–Kier alpha value is -5.35. The molecule has 0 fully saturated rings. The van der Waals surface area contributed by atoms with Crippen molar-refractivity contribution in [1.82, 2.24) is 4.98 Å². The van der Waals surface area contributed by atoms with Crippen LogP contribution in [0.1, 0.15) is 0 Å². The third kappa shape index (κ3) is 3.65. The topological polar surface area (TPSA) is 42.4 Å². The van der Waals surface area contributed by atoms with Crippen LogP contribution in [0.3, 0.4) is 0 Å². The molecule has 4 heteroatoms. The van der Waals surface area contributed by atoms with Crippen LogP contribution in [-0.4, -0.2) is 4.98 Å². The number of fused-ring (bicyclic) bond motifs is 5. The van der Waals surface area contributed by atoms with E-state index in [2.05, 4.69) is 89.8 Å². The van der Waals surface area contributed by atoms with E-state index in [9.17, 15) is 0 Å². The van der Waals surface area contributed by atoms with E-state index >= 15 is 0 Å². The Morgan fingerprint density at radius 1 is 0.462 bits per heavy atom. The van der Waals surface area contributed by atoms with Gasteiger partial charge in [0.15, 0.2) is 5.58 Å². The molecule has 4 nitrogen and oxygen atoms in total. The first-order valence-electron chi connectivity index (χ1n) is 13.0. The molecule has 0 atom stereocenters. The third-order valence-corrected chi connectivity index (χ3v) is 7.25. The molecule has 0 saturated heterocycles. The summed E-state index contributed by atoms with van der Waals surface area (Å²) in [7, 11) is 0. The number of furan rings is 1. The highest BCUT2D eigenvalue weighted by Crippen LogP contribution is 2.40. The molecular weight excluding hydrogens is 480 g/mol. The van der Waals surface area contributed by atoms with Gasteiger partial charge in [0.05, 0.1) is 0 Å². The van der Waals surface area contributed by atoms with Crippen molar-refractivity contribution >= 4 is 60.9 Å². The van der Waals surface area contributed by atoms with E-state index in [1.54, 1.807) is 0 Å². The average Bonchev–Trinajstić information content (AvgIpc) is 3.57. The van der Waals surface area contributed by atoms with Crippen molar-refractivity contribution in [3.8, 4) is 11.5 Å². The number of hydrogen-bond acceptors (Lipinski definition) is 4. The van der Waals surface area contributed by atoms with Crippen LogP contribution in [0.2, 0.25) is 0 Å². The van der Waals surface area contributed by atoms with E-state index in [1.165, 1.54) is 10.8 Å². The molecule has 39 heavy (non-hydrogen) atoms. The fourth-order valence-corrected chi connectivity index (χ4v) is 5.37. The zero-order chi connectivity index (χ0) is 25.8. The zero-order valence-electron chi connectivity index (χ0n) is 20.9. The molecule has 184 valence electrons. The number of aromatic nitrogens is 1. The van der Waals surface area contributed by atoms with Gasteiger partial charge in [-0.25, -0.2) is 4.98 Å². The standard InChI is InChI=1S/C35H22N2O2/c1-3-10-24(11-4-1)35-36-31-21-30-29-20-28(17-18-32(29)38-33(30)22-34(31)39-35)37(26-13-5-2-6-14-26)27-16-15-23-9-7-8-12-25(23)19-27/h1-22H. The molecule has 2 aromatic heterocycles. The summed E-state index contributed by atoms with van der Waals surface area (Å²) in [4.78, 5) is 7.07. The molecule has 0 unspecified atom stereocenters. The van der Waals surface area contributed by atoms with Crippen LogP contribution < -0.4 is 4.90 Å². The van der Waals surface area contributed by atoms with Gasteiger partial charge >= 0.3 is 0 Å². The zero-order valence-corrected chi connectivity index (χ0v) is 20.9. The van der Waals surface area contributed by atoms with E-state index in [0.717, 1.165) is 50.1 Å². The number of anilines is 3. The highest BCUT2D eigenvalue weighted by atomic mass is 16.4. The molecule has 0 bridgehead atoms. The van der Waals surface area contributed by atoms with Crippen LogP contribution >= 0.6 is 0 Å². The molecule has 8 rings (SSSR count). The van der Waals surface area contributed by atoms with Crippen molar-refractivity contribution < 1.29 is 8.83 Å². The van der Waals surface area contributed by atoms with Crippen molar-refractivity contribution in [2.45, 2.75) is 0 Å². The second-order valence-electron chi connectivity index (χ2n) is 9.69. The molecule has 0 N–H and O–H groups in total. The van der Waals surface area contributed by atoms with Gasteiger partial charge in [0.2, 0.25) is 5.89 Å². The van der Waals surface area contributed by atoms with Crippen molar-refractivity contribution in [3.63, 3.8) is 0 Å². The minimum atomic E-state index is 0.606. The van der Waals surface area contributed by atoms with Crippen LogP contribution in [0, 0.1) is 0 Å². The van der Waals surface area contributed by atoms with Crippen molar-refractivity contribution in [1.29, 1.82) is 0 Å². The van der Waals surface area contributed by atoms with Crippen LogP contribution in [0.4, 0.5) is 17.1 Å². The lowest BCUT2D eigenvalue weighted by molar-refractivity contribution is 0.617. The second kappa shape index (κ2) is 8.61. The van der Waals surface area contributed by atoms with Gasteiger partial charge in [0.25, 0.3) is 0 Å². The van der Waals surface area contributed by atoms with Crippen LogP contribution in [0.25, 0.3) is 55.3 Å². The second-order valence-corrected chi connectivity index (χ2v) is 9.69. The van der Waals surface area contributed by atoms with E-state index in [-0.39, 0.29) is 0 Å². The molecule has 0 radical (unpaired) electrons. The van der Waals surface area contributed by atoms with E-state index in [4.69, 9.17) is 13.8 Å². The van der Waals surface area contributed by atoms with E-state index in [1.807, 2.05) is 48.5 Å². The smallest absolute Gasteiger partial charge is 0.227 e. The molecule has 0 aliphatic rings. The number of rotatable bonds is 4. The van der Waals surface area contributed by atoms with Crippen LogP contribution in [0.5, 0.6) is 0 Å². The largest absolute Gasteiger partial charge is 0.456 e. The summed E-state index contributed by atoms with van der Waals surface area (Å²) in [5, 5.41) is 4.47. The highest BCUT2D eigenvalue weighted by molar-refractivity contribution is 6.10. The summed E-state index contributed by atoms with van der Waals surface area (Å²) in [5.41, 5.74) is 7.32. The van der Waals surface area contributed by atoms with E-state index in [0.29, 0.717) is 11.5 Å². The maximum absolute atomic E-state index is 6.27. The van der Waals surface area contributed by atoms with Crippen LogP contribution in [0.15, 0.2) is 142 Å². The van der Waals surface area contributed by atoms with E-state index < -0.39 is 0 Å². The summed E-state index contributed by atoms with van der Waals surface area (Å²) < 4.78 is 12.4. The lowest BCUT2D eigenvalue weighted by Gasteiger charge is -2.25. The number of para-hydroxylation sites is 1. The van der Waals surface area contributed by atoms with Crippen LogP contribution in [-0.2, 0) is 0 Å². The first-order chi connectivity index (χ1) is 19.3. The SMILES string of the molecule is c1ccc(-c2nc3cc4c(cc3o2)oc2ccc(N(c3ccccc3)c3ccc5ccccc5c3)cc24)cc1. The molecule has 0 aliphatic heterocycles. The summed E-state index contributed by atoms with van der Waals surface area (Å²) >= 11 is 0.